The molecule has 2 rings (SSSR count). The lowest BCUT2D eigenvalue weighted by Crippen LogP contribution is -2.50. The Hall–Kier alpha value is -0.930. The average molecular weight is 248 g/mol. The zero-order valence-electron chi connectivity index (χ0n) is 11.7. The molecule has 1 aliphatic carbocycles. The largest absolute Gasteiger partial charge is 0.376 e. The van der Waals surface area contributed by atoms with E-state index >= 15 is 0 Å². The lowest BCUT2D eigenvalue weighted by Gasteiger charge is -2.47. The zero-order chi connectivity index (χ0) is 13.0. The van der Waals surface area contributed by atoms with Crippen molar-refractivity contribution in [1.29, 1.82) is 0 Å². The first-order valence-corrected chi connectivity index (χ1v) is 6.92. The highest BCUT2D eigenvalue weighted by Crippen LogP contribution is 2.44. The lowest BCUT2D eigenvalue weighted by atomic mass is 9.72. The molecule has 0 radical (unpaired) electrons. The molecule has 0 saturated heterocycles. The smallest absolute Gasteiger partial charge is 0.0873 e. The molecular formula is C15H24N2O. The van der Waals surface area contributed by atoms with Crippen LogP contribution in [0.5, 0.6) is 0 Å². The van der Waals surface area contributed by atoms with Gasteiger partial charge in [0.2, 0.25) is 0 Å². The van der Waals surface area contributed by atoms with Crippen LogP contribution in [0.15, 0.2) is 18.5 Å². The van der Waals surface area contributed by atoms with Gasteiger partial charge in [-0.2, -0.15) is 0 Å². The first-order chi connectivity index (χ1) is 8.72. The van der Waals surface area contributed by atoms with E-state index in [4.69, 9.17) is 4.74 Å². The van der Waals surface area contributed by atoms with Crippen molar-refractivity contribution < 1.29 is 4.74 Å². The Morgan fingerprint density at radius 2 is 2.22 bits per heavy atom. The minimum absolute atomic E-state index is 0.0232. The van der Waals surface area contributed by atoms with E-state index in [1.54, 1.807) is 0 Å². The Morgan fingerprint density at radius 3 is 2.72 bits per heavy atom. The number of nitrogens with zero attached hydrogens (tertiary/aromatic N) is 1. The van der Waals surface area contributed by atoms with Crippen molar-refractivity contribution in [3.63, 3.8) is 0 Å². The number of pyridine rings is 1. The molecule has 0 aliphatic heterocycles. The van der Waals surface area contributed by atoms with E-state index in [9.17, 15) is 0 Å². The number of aryl methyl sites for hydroxylation is 1. The number of ether oxygens (including phenoxy) is 1. The summed E-state index contributed by atoms with van der Waals surface area (Å²) >= 11 is 0. The van der Waals surface area contributed by atoms with E-state index in [0.29, 0.717) is 0 Å². The predicted molar refractivity (Wildman–Crippen MR) is 73.6 cm³/mol. The summed E-state index contributed by atoms with van der Waals surface area (Å²) in [5.41, 5.74) is 2.44. The van der Waals surface area contributed by atoms with Gasteiger partial charge in [-0.25, -0.2) is 0 Å². The Balaban J connectivity index is 2.24. The molecule has 1 N–H and O–H groups in total. The molecule has 1 fully saturated rings. The van der Waals surface area contributed by atoms with Gasteiger partial charge in [0.25, 0.3) is 0 Å². The Labute approximate surface area is 110 Å². The van der Waals surface area contributed by atoms with Gasteiger partial charge in [-0.1, -0.05) is 13.0 Å². The molecule has 1 unspecified atom stereocenters. The SMILES string of the molecule is CCCNC(c1cncc(C)c1)C1(OC)CCC1. The molecule has 0 aromatic carbocycles. The molecule has 0 amide bonds. The normalized spacial score (nSPS) is 19.3. The number of nitrogens with one attached hydrogen (secondary N) is 1. The third kappa shape index (κ3) is 2.57. The molecule has 1 heterocycles. The average Bonchev–Trinajstić information content (AvgIpc) is 2.32. The van der Waals surface area contributed by atoms with E-state index in [-0.39, 0.29) is 11.6 Å². The first kappa shape index (κ1) is 13.5. The van der Waals surface area contributed by atoms with Crippen molar-refractivity contribution in [2.45, 2.75) is 51.2 Å². The lowest BCUT2D eigenvalue weighted by molar-refractivity contribution is -0.0998. The van der Waals surface area contributed by atoms with Gasteiger partial charge in [0, 0.05) is 19.5 Å². The van der Waals surface area contributed by atoms with E-state index in [2.05, 4.69) is 30.2 Å². The molecule has 0 bridgehead atoms. The summed E-state index contributed by atoms with van der Waals surface area (Å²) in [5.74, 6) is 0. The molecule has 1 aromatic rings. The number of hydrogen-bond acceptors (Lipinski definition) is 3. The van der Waals surface area contributed by atoms with E-state index in [1.165, 1.54) is 17.5 Å². The fourth-order valence-electron chi connectivity index (χ4n) is 2.77. The van der Waals surface area contributed by atoms with E-state index in [1.807, 2.05) is 19.5 Å². The summed E-state index contributed by atoms with van der Waals surface area (Å²) < 4.78 is 5.84. The monoisotopic (exact) mass is 248 g/mol. The summed E-state index contributed by atoms with van der Waals surface area (Å²) in [4.78, 5) is 4.32. The van der Waals surface area contributed by atoms with Gasteiger partial charge in [0.1, 0.15) is 0 Å². The molecule has 1 atom stereocenters. The Morgan fingerprint density at radius 1 is 1.44 bits per heavy atom. The van der Waals surface area contributed by atoms with Crippen LogP contribution in [0, 0.1) is 6.92 Å². The fraction of sp³-hybridized carbons (Fsp3) is 0.667. The minimum Gasteiger partial charge on any atom is -0.376 e. The molecule has 1 aliphatic rings. The van der Waals surface area contributed by atoms with Crippen molar-refractivity contribution in [2.75, 3.05) is 13.7 Å². The number of rotatable bonds is 6. The van der Waals surface area contributed by atoms with Crippen molar-refractivity contribution in [1.82, 2.24) is 10.3 Å². The molecule has 1 saturated carbocycles. The first-order valence-electron chi connectivity index (χ1n) is 6.92. The van der Waals surface area contributed by atoms with Gasteiger partial charge in [-0.05, 0) is 50.3 Å². The fourth-order valence-corrected chi connectivity index (χ4v) is 2.77. The van der Waals surface area contributed by atoms with Crippen molar-refractivity contribution in [3.05, 3.63) is 29.6 Å². The Kier molecular flexibility index (Phi) is 4.36. The molecule has 1 aromatic heterocycles. The van der Waals surface area contributed by atoms with Crippen LogP contribution in [0.2, 0.25) is 0 Å². The van der Waals surface area contributed by atoms with Crippen LogP contribution in [-0.4, -0.2) is 24.2 Å². The number of methoxy groups -OCH3 is 1. The summed E-state index contributed by atoms with van der Waals surface area (Å²) in [6, 6.07) is 2.49. The van der Waals surface area contributed by atoms with E-state index < -0.39 is 0 Å². The van der Waals surface area contributed by atoms with Crippen LogP contribution in [0.4, 0.5) is 0 Å². The standard InChI is InChI=1S/C15H24N2O/c1-4-8-17-14(15(18-3)6-5-7-15)13-9-12(2)10-16-11-13/h9-11,14,17H,4-8H2,1-3H3. The summed E-state index contributed by atoms with van der Waals surface area (Å²) in [5, 5.41) is 3.64. The van der Waals surface area contributed by atoms with Gasteiger partial charge >= 0.3 is 0 Å². The maximum Gasteiger partial charge on any atom is 0.0873 e. The van der Waals surface area contributed by atoms with Gasteiger partial charge in [-0.15, -0.1) is 0 Å². The maximum absolute atomic E-state index is 5.84. The minimum atomic E-state index is -0.0232. The summed E-state index contributed by atoms with van der Waals surface area (Å²) in [6.45, 7) is 5.30. The third-order valence-corrected chi connectivity index (χ3v) is 3.96. The van der Waals surface area contributed by atoms with Crippen LogP contribution in [0.1, 0.15) is 49.8 Å². The second kappa shape index (κ2) is 5.81. The molecule has 0 spiro atoms. The van der Waals surface area contributed by atoms with E-state index in [0.717, 1.165) is 25.8 Å². The summed E-state index contributed by atoms with van der Waals surface area (Å²) in [7, 11) is 1.84. The van der Waals surface area contributed by atoms with Gasteiger partial charge in [0.15, 0.2) is 0 Å². The highest BCUT2D eigenvalue weighted by atomic mass is 16.5. The molecule has 3 heteroatoms. The zero-order valence-corrected chi connectivity index (χ0v) is 11.7. The van der Waals surface area contributed by atoms with Gasteiger partial charge < -0.3 is 10.1 Å². The molecule has 3 nitrogen and oxygen atoms in total. The summed E-state index contributed by atoms with van der Waals surface area (Å²) in [6.07, 6.45) is 8.55. The van der Waals surface area contributed by atoms with Crippen LogP contribution in [0.25, 0.3) is 0 Å². The second-order valence-corrected chi connectivity index (χ2v) is 5.31. The van der Waals surface area contributed by atoms with Crippen molar-refractivity contribution in [2.24, 2.45) is 0 Å². The highest BCUT2D eigenvalue weighted by molar-refractivity contribution is 5.24. The van der Waals surface area contributed by atoms with Crippen LogP contribution < -0.4 is 5.32 Å². The van der Waals surface area contributed by atoms with Crippen LogP contribution in [-0.2, 0) is 4.74 Å². The molecule has 18 heavy (non-hydrogen) atoms. The van der Waals surface area contributed by atoms with Crippen molar-refractivity contribution in [3.8, 4) is 0 Å². The molecular weight excluding hydrogens is 224 g/mol. The Bertz CT molecular complexity index is 382. The second-order valence-electron chi connectivity index (χ2n) is 5.31. The quantitative estimate of drug-likeness (QED) is 0.840. The maximum atomic E-state index is 5.84. The van der Waals surface area contributed by atoms with Crippen molar-refractivity contribution >= 4 is 0 Å². The van der Waals surface area contributed by atoms with Gasteiger partial charge in [0.05, 0.1) is 11.6 Å². The number of aromatic nitrogens is 1. The van der Waals surface area contributed by atoms with Crippen LogP contribution >= 0.6 is 0 Å². The predicted octanol–water partition coefficient (Wildman–Crippen LogP) is 3.00. The van der Waals surface area contributed by atoms with Crippen LogP contribution in [0.3, 0.4) is 0 Å². The third-order valence-electron chi connectivity index (χ3n) is 3.96. The highest BCUT2D eigenvalue weighted by Gasteiger charge is 2.45. The van der Waals surface area contributed by atoms with Gasteiger partial charge in [-0.3, -0.25) is 4.98 Å². The number of hydrogen-bond donors (Lipinski definition) is 1. The topological polar surface area (TPSA) is 34.2 Å². The molecule has 100 valence electrons.